The molecule has 0 amide bonds. The molecule has 2 aromatic heterocycles. The van der Waals surface area contributed by atoms with Crippen molar-refractivity contribution in [2.45, 2.75) is 35.8 Å². The minimum absolute atomic E-state index is 0.138. The van der Waals surface area contributed by atoms with Gasteiger partial charge in [-0.3, -0.25) is 0 Å². The molecule has 1 unspecified atom stereocenters. The molecule has 2 heterocycles. The summed E-state index contributed by atoms with van der Waals surface area (Å²) in [5.41, 5.74) is 7.82. The third-order valence-electron chi connectivity index (χ3n) is 2.02. The first-order valence-corrected chi connectivity index (χ1v) is 6.99. The van der Waals surface area contributed by atoms with Gasteiger partial charge in [-0.25, -0.2) is 15.0 Å². The second-order valence-corrected chi connectivity index (χ2v) is 5.98. The lowest BCUT2D eigenvalue weighted by Crippen LogP contribution is -2.17. The number of rotatable bonds is 4. The summed E-state index contributed by atoms with van der Waals surface area (Å²) in [7, 11) is 0. The fraction of sp³-hybridized carbons (Fsp3) is 0.364. The molecule has 0 saturated carbocycles. The van der Waals surface area contributed by atoms with E-state index in [0.29, 0.717) is 0 Å². The SMILES string of the molecule is Cc1csc(Sc2ncc(CC(C)N)cn2)n1. The van der Waals surface area contributed by atoms with Crippen LogP contribution in [0.5, 0.6) is 0 Å². The average molecular weight is 266 g/mol. The molecule has 0 aromatic carbocycles. The van der Waals surface area contributed by atoms with Crippen molar-refractivity contribution in [2.75, 3.05) is 0 Å². The second kappa shape index (κ2) is 5.57. The zero-order valence-electron chi connectivity index (χ0n) is 9.75. The van der Waals surface area contributed by atoms with Gasteiger partial charge in [0.2, 0.25) is 0 Å². The molecule has 0 spiro atoms. The molecule has 0 aliphatic heterocycles. The predicted octanol–water partition coefficient (Wildman–Crippen LogP) is 2.28. The molecular weight excluding hydrogens is 252 g/mol. The Morgan fingerprint density at radius 2 is 2.12 bits per heavy atom. The molecular formula is C11H14N4S2. The first kappa shape index (κ1) is 12.5. The van der Waals surface area contributed by atoms with E-state index in [1.54, 1.807) is 11.3 Å². The smallest absolute Gasteiger partial charge is 0.194 e. The van der Waals surface area contributed by atoms with Crippen LogP contribution in [0.2, 0.25) is 0 Å². The summed E-state index contributed by atoms with van der Waals surface area (Å²) in [6.45, 7) is 3.95. The molecule has 0 aliphatic rings. The normalized spacial score (nSPS) is 12.6. The van der Waals surface area contributed by atoms with Gasteiger partial charge in [0.05, 0.1) is 0 Å². The van der Waals surface area contributed by atoms with Gasteiger partial charge < -0.3 is 5.73 Å². The average Bonchev–Trinajstić information content (AvgIpc) is 2.66. The predicted molar refractivity (Wildman–Crippen MR) is 70.4 cm³/mol. The lowest BCUT2D eigenvalue weighted by molar-refractivity contribution is 0.727. The van der Waals surface area contributed by atoms with Crippen molar-refractivity contribution in [1.82, 2.24) is 15.0 Å². The van der Waals surface area contributed by atoms with Crippen LogP contribution < -0.4 is 5.73 Å². The highest BCUT2D eigenvalue weighted by Gasteiger charge is 2.05. The Hall–Kier alpha value is -0.980. The van der Waals surface area contributed by atoms with Gasteiger partial charge in [0, 0.05) is 29.5 Å². The topological polar surface area (TPSA) is 64.7 Å². The fourth-order valence-corrected chi connectivity index (χ4v) is 2.97. The van der Waals surface area contributed by atoms with Crippen LogP contribution in [0.1, 0.15) is 18.2 Å². The quantitative estimate of drug-likeness (QED) is 0.860. The van der Waals surface area contributed by atoms with Gasteiger partial charge in [0.15, 0.2) is 9.50 Å². The maximum atomic E-state index is 5.72. The van der Waals surface area contributed by atoms with Gasteiger partial charge in [-0.05, 0) is 37.6 Å². The number of aryl methyl sites for hydroxylation is 1. The summed E-state index contributed by atoms with van der Waals surface area (Å²) >= 11 is 3.10. The van der Waals surface area contributed by atoms with E-state index in [1.165, 1.54) is 11.8 Å². The Labute approximate surface area is 109 Å². The van der Waals surface area contributed by atoms with E-state index in [4.69, 9.17) is 5.73 Å². The maximum Gasteiger partial charge on any atom is 0.194 e. The Balaban J connectivity index is 2.03. The van der Waals surface area contributed by atoms with E-state index >= 15 is 0 Å². The van der Waals surface area contributed by atoms with E-state index in [-0.39, 0.29) is 6.04 Å². The van der Waals surface area contributed by atoms with Crippen molar-refractivity contribution in [3.63, 3.8) is 0 Å². The lowest BCUT2D eigenvalue weighted by Gasteiger charge is -2.04. The van der Waals surface area contributed by atoms with Crippen LogP contribution >= 0.6 is 23.1 Å². The highest BCUT2D eigenvalue weighted by atomic mass is 32.2. The molecule has 0 saturated heterocycles. The molecule has 90 valence electrons. The van der Waals surface area contributed by atoms with Gasteiger partial charge in [-0.15, -0.1) is 11.3 Å². The van der Waals surface area contributed by atoms with Crippen LogP contribution in [0.15, 0.2) is 27.3 Å². The van der Waals surface area contributed by atoms with Gasteiger partial charge in [-0.1, -0.05) is 0 Å². The molecule has 2 rings (SSSR count). The van der Waals surface area contributed by atoms with E-state index in [1.807, 2.05) is 31.6 Å². The molecule has 0 aliphatic carbocycles. The summed E-state index contributed by atoms with van der Waals surface area (Å²) in [5.74, 6) is 0. The molecule has 2 N–H and O–H groups in total. The third kappa shape index (κ3) is 3.76. The maximum absolute atomic E-state index is 5.72. The molecule has 0 radical (unpaired) electrons. The van der Waals surface area contributed by atoms with Crippen molar-refractivity contribution >= 4 is 23.1 Å². The molecule has 6 heteroatoms. The number of hydrogen-bond donors (Lipinski definition) is 1. The molecule has 1 atom stereocenters. The summed E-state index contributed by atoms with van der Waals surface area (Å²) in [6.07, 6.45) is 4.47. The van der Waals surface area contributed by atoms with Crippen molar-refractivity contribution in [3.05, 3.63) is 29.0 Å². The van der Waals surface area contributed by atoms with Crippen LogP contribution in [-0.4, -0.2) is 21.0 Å². The fourth-order valence-electron chi connectivity index (χ4n) is 1.33. The van der Waals surface area contributed by atoms with Gasteiger partial charge in [-0.2, -0.15) is 0 Å². The molecule has 0 fully saturated rings. The monoisotopic (exact) mass is 266 g/mol. The number of aromatic nitrogens is 3. The minimum Gasteiger partial charge on any atom is -0.328 e. The van der Waals surface area contributed by atoms with Gasteiger partial charge in [0.1, 0.15) is 0 Å². The highest BCUT2D eigenvalue weighted by molar-refractivity contribution is 8.00. The van der Waals surface area contributed by atoms with Gasteiger partial charge in [0.25, 0.3) is 0 Å². The molecule has 4 nitrogen and oxygen atoms in total. The number of nitrogens with zero attached hydrogens (tertiary/aromatic N) is 3. The Bertz CT molecular complexity index is 478. The second-order valence-electron chi connectivity index (χ2n) is 3.91. The van der Waals surface area contributed by atoms with E-state index in [2.05, 4.69) is 15.0 Å². The van der Waals surface area contributed by atoms with E-state index < -0.39 is 0 Å². The molecule has 2 aromatic rings. The minimum atomic E-state index is 0.138. The number of hydrogen-bond acceptors (Lipinski definition) is 6. The largest absolute Gasteiger partial charge is 0.328 e. The highest BCUT2D eigenvalue weighted by Crippen LogP contribution is 2.27. The van der Waals surface area contributed by atoms with Gasteiger partial charge >= 0.3 is 0 Å². The van der Waals surface area contributed by atoms with Crippen LogP contribution in [0.25, 0.3) is 0 Å². The summed E-state index contributed by atoms with van der Waals surface area (Å²) in [4.78, 5) is 13.0. The number of thiazole rings is 1. The first-order valence-electron chi connectivity index (χ1n) is 5.30. The van der Waals surface area contributed by atoms with Crippen molar-refractivity contribution in [1.29, 1.82) is 0 Å². The summed E-state index contributed by atoms with van der Waals surface area (Å²) in [5, 5.41) is 2.75. The van der Waals surface area contributed by atoms with Crippen LogP contribution in [0.4, 0.5) is 0 Å². The Morgan fingerprint density at radius 3 is 2.65 bits per heavy atom. The van der Waals surface area contributed by atoms with Crippen LogP contribution in [0, 0.1) is 6.92 Å². The van der Waals surface area contributed by atoms with Crippen LogP contribution in [0.3, 0.4) is 0 Å². The Morgan fingerprint density at radius 1 is 1.41 bits per heavy atom. The standard InChI is InChI=1S/C11H14N4S2/c1-7(12)3-9-4-13-10(14-5-9)17-11-15-8(2)6-16-11/h4-7H,3,12H2,1-2H3. The molecule has 0 bridgehead atoms. The Kier molecular flexibility index (Phi) is 4.09. The van der Waals surface area contributed by atoms with Crippen molar-refractivity contribution in [2.24, 2.45) is 5.73 Å². The van der Waals surface area contributed by atoms with Crippen LogP contribution in [-0.2, 0) is 6.42 Å². The molecule has 17 heavy (non-hydrogen) atoms. The lowest BCUT2D eigenvalue weighted by atomic mass is 10.1. The van der Waals surface area contributed by atoms with E-state index in [0.717, 1.165) is 27.2 Å². The van der Waals surface area contributed by atoms with Crippen molar-refractivity contribution in [3.8, 4) is 0 Å². The first-order chi connectivity index (χ1) is 8.13. The summed E-state index contributed by atoms with van der Waals surface area (Å²) in [6, 6.07) is 0.138. The summed E-state index contributed by atoms with van der Waals surface area (Å²) < 4.78 is 0.974. The van der Waals surface area contributed by atoms with E-state index in [9.17, 15) is 0 Å². The van der Waals surface area contributed by atoms with Crippen molar-refractivity contribution < 1.29 is 0 Å². The zero-order chi connectivity index (χ0) is 12.3. The third-order valence-corrected chi connectivity index (χ3v) is 3.97. The number of nitrogens with two attached hydrogens (primary N) is 1. The zero-order valence-corrected chi connectivity index (χ0v) is 11.4.